The largest absolute Gasteiger partial charge is 0.374 e. The highest BCUT2D eigenvalue weighted by Gasteiger charge is 2.68. The molecule has 0 radical (unpaired) electrons. The summed E-state index contributed by atoms with van der Waals surface area (Å²) in [6, 6.07) is 0. The third-order valence-corrected chi connectivity index (χ3v) is 11.8. The van der Waals surface area contributed by atoms with E-state index in [-0.39, 0.29) is 0 Å². The van der Waals surface area contributed by atoms with E-state index in [0.29, 0.717) is 28.5 Å². The average Bonchev–Trinajstić information content (AvgIpc) is 3.15. The maximum atomic E-state index is 6.84. The van der Waals surface area contributed by atoms with Crippen molar-refractivity contribution in [3.63, 3.8) is 0 Å². The number of hydrogen-bond acceptors (Lipinski definition) is 1. The van der Waals surface area contributed by atoms with Gasteiger partial charge in [-0.05, 0) is 103 Å². The van der Waals surface area contributed by atoms with E-state index in [4.69, 9.17) is 4.74 Å². The van der Waals surface area contributed by atoms with Crippen LogP contribution >= 0.6 is 0 Å². The standard InChI is InChI=1S/C28H50O/c1-9-20-12-13-21-22-17-24-25(19(5)23(29-24)14-11-18(3)4)26(22,6)15-16-28(21,8)27(20,7)10-2/h18-25H,9-17H2,1-8H3/t19-,20+,21+,22+,23?,24+,25+,26+,27+,28+/m1/s1. The topological polar surface area (TPSA) is 9.23 Å². The van der Waals surface area contributed by atoms with E-state index in [9.17, 15) is 0 Å². The highest BCUT2D eigenvalue weighted by molar-refractivity contribution is 5.16. The van der Waals surface area contributed by atoms with E-state index in [1.54, 1.807) is 0 Å². The van der Waals surface area contributed by atoms with Crippen LogP contribution in [0.1, 0.15) is 113 Å². The molecular formula is C28H50O. The Hall–Kier alpha value is -0.0400. The molecule has 0 spiro atoms. The number of fused-ring (bicyclic) bond motifs is 5. The van der Waals surface area contributed by atoms with Gasteiger partial charge in [0, 0.05) is 0 Å². The van der Waals surface area contributed by atoms with Crippen LogP contribution in [0.3, 0.4) is 0 Å². The maximum Gasteiger partial charge on any atom is 0.0618 e. The Morgan fingerprint density at radius 2 is 1.72 bits per heavy atom. The molecule has 0 aromatic heterocycles. The summed E-state index contributed by atoms with van der Waals surface area (Å²) in [7, 11) is 0. The van der Waals surface area contributed by atoms with Crippen molar-refractivity contribution in [2.24, 2.45) is 51.8 Å². The molecule has 168 valence electrons. The second-order valence-electron chi connectivity index (χ2n) is 12.9. The van der Waals surface area contributed by atoms with Gasteiger partial charge in [-0.3, -0.25) is 0 Å². The lowest BCUT2D eigenvalue weighted by atomic mass is 9.39. The zero-order valence-electron chi connectivity index (χ0n) is 20.9. The van der Waals surface area contributed by atoms with Gasteiger partial charge in [-0.2, -0.15) is 0 Å². The quantitative estimate of drug-likeness (QED) is 0.451. The van der Waals surface area contributed by atoms with Gasteiger partial charge in [0.05, 0.1) is 12.2 Å². The molecule has 10 atom stereocenters. The molecular weight excluding hydrogens is 352 g/mol. The van der Waals surface area contributed by atoms with Gasteiger partial charge in [-0.15, -0.1) is 0 Å². The molecule has 4 aliphatic rings. The highest BCUT2D eigenvalue weighted by atomic mass is 16.5. The lowest BCUT2D eigenvalue weighted by Gasteiger charge is -2.65. The van der Waals surface area contributed by atoms with E-state index in [1.807, 2.05) is 0 Å². The molecule has 0 aromatic rings. The zero-order valence-corrected chi connectivity index (χ0v) is 20.9. The molecule has 0 bridgehead atoms. The lowest BCUT2D eigenvalue weighted by molar-refractivity contribution is -0.166. The molecule has 0 amide bonds. The molecule has 29 heavy (non-hydrogen) atoms. The summed E-state index contributed by atoms with van der Waals surface area (Å²) in [5, 5.41) is 0. The second kappa shape index (κ2) is 7.53. The van der Waals surface area contributed by atoms with Crippen LogP contribution in [0.15, 0.2) is 0 Å². The van der Waals surface area contributed by atoms with E-state index in [1.165, 1.54) is 57.8 Å². The van der Waals surface area contributed by atoms with Crippen LogP contribution in [0.25, 0.3) is 0 Å². The molecule has 4 fully saturated rings. The van der Waals surface area contributed by atoms with E-state index >= 15 is 0 Å². The summed E-state index contributed by atoms with van der Waals surface area (Å²) < 4.78 is 6.84. The van der Waals surface area contributed by atoms with Crippen molar-refractivity contribution < 1.29 is 4.74 Å². The monoisotopic (exact) mass is 402 g/mol. The summed E-state index contributed by atoms with van der Waals surface area (Å²) in [6.45, 7) is 20.3. The Labute approximate surface area is 182 Å². The second-order valence-corrected chi connectivity index (χ2v) is 12.9. The molecule has 1 aliphatic heterocycles. The lowest BCUT2D eigenvalue weighted by Crippen LogP contribution is -2.58. The molecule has 0 aromatic carbocycles. The first kappa shape index (κ1) is 22.2. The third kappa shape index (κ3) is 3.02. The Morgan fingerprint density at radius 3 is 2.34 bits per heavy atom. The Kier molecular flexibility index (Phi) is 5.75. The molecule has 3 saturated carbocycles. The molecule has 4 rings (SSSR count). The smallest absolute Gasteiger partial charge is 0.0618 e. The summed E-state index contributed by atoms with van der Waals surface area (Å²) in [5.41, 5.74) is 1.58. The summed E-state index contributed by atoms with van der Waals surface area (Å²) in [6.07, 6.45) is 13.6. The number of rotatable bonds is 5. The Morgan fingerprint density at radius 1 is 1.00 bits per heavy atom. The van der Waals surface area contributed by atoms with E-state index in [2.05, 4.69) is 55.4 Å². The van der Waals surface area contributed by atoms with Crippen molar-refractivity contribution in [2.75, 3.05) is 0 Å². The van der Waals surface area contributed by atoms with Gasteiger partial charge >= 0.3 is 0 Å². The van der Waals surface area contributed by atoms with Crippen molar-refractivity contribution in [1.82, 2.24) is 0 Å². The van der Waals surface area contributed by atoms with Crippen molar-refractivity contribution in [3.05, 3.63) is 0 Å². The zero-order chi connectivity index (χ0) is 21.2. The van der Waals surface area contributed by atoms with Gasteiger partial charge in [0.2, 0.25) is 0 Å². The van der Waals surface area contributed by atoms with Crippen molar-refractivity contribution in [3.8, 4) is 0 Å². The first-order valence-corrected chi connectivity index (χ1v) is 13.3. The fourth-order valence-corrected chi connectivity index (χ4v) is 9.70. The normalized spacial score (nSPS) is 54.3. The van der Waals surface area contributed by atoms with Gasteiger partial charge in [-0.1, -0.05) is 61.8 Å². The summed E-state index contributed by atoms with van der Waals surface area (Å²) in [5.74, 6) is 5.10. The van der Waals surface area contributed by atoms with Gasteiger partial charge in [0.1, 0.15) is 0 Å². The van der Waals surface area contributed by atoms with Crippen molar-refractivity contribution >= 4 is 0 Å². The minimum absolute atomic E-state index is 0.522. The molecule has 1 heteroatoms. The summed E-state index contributed by atoms with van der Waals surface area (Å²) >= 11 is 0. The van der Waals surface area contributed by atoms with Gasteiger partial charge in [0.15, 0.2) is 0 Å². The van der Waals surface area contributed by atoms with E-state index < -0.39 is 0 Å². The van der Waals surface area contributed by atoms with Crippen molar-refractivity contribution in [2.45, 2.75) is 125 Å². The maximum absolute atomic E-state index is 6.84. The highest BCUT2D eigenvalue weighted by Crippen LogP contribution is 2.73. The predicted octanol–water partition coefficient (Wildman–Crippen LogP) is 8.12. The van der Waals surface area contributed by atoms with Crippen LogP contribution < -0.4 is 0 Å². The molecule has 1 nitrogen and oxygen atoms in total. The first-order valence-electron chi connectivity index (χ1n) is 13.3. The predicted molar refractivity (Wildman–Crippen MR) is 124 cm³/mol. The van der Waals surface area contributed by atoms with Gasteiger partial charge in [0.25, 0.3) is 0 Å². The Balaban J connectivity index is 1.58. The number of hydrogen-bond donors (Lipinski definition) is 0. The third-order valence-electron chi connectivity index (χ3n) is 11.8. The molecule has 0 N–H and O–H groups in total. The Bertz CT molecular complexity index is 597. The van der Waals surface area contributed by atoms with Gasteiger partial charge in [-0.25, -0.2) is 0 Å². The molecule has 1 heterocycles. The fraction of sp³-hybridized carbons (Fsp3) is 1.00. The van der Waals surface area contributed by atoms with Crippen LogP contribution in [0, 0.1) is 51.8 Å². The average molecular weight is 403 g/mol. The number of ether oxygens (including phenoxy) is 1. The fourth-order valence-electron chi connectivity index (χ4n) is 9.70. The van der Waals surface area contributed by atoms with Crippen molar-refractivity contribution in [1.29, 1.82) is 0 Å². The van der Waals surface area contributed by atoms with Crippen LogP contribution in [0.2, 0.25) is 0 Å². The molecule has 3 aliphatic carbocycles. The van der Waals surface area contributed by atoms with Crippen LogP contribution in [0.4, 0.5) is 0 Å². The minimum atomic E-state index is 0.522. The summed E-state index contributed by atoms with van der Waals surface area (Å²) in [4.78, 5) is 0. The van der Waals surface area contributed by atoms with Crippen LogP contribution in [-0.2, 0) is 4.74 Å². The van der Waals surface area contributed by atoms with Crippen LogP contribution in [-0.4, -0.2) is 12.2 Å². The van der Waals surface area contributed by atoms with Gasteiger partial charge < -0.3 is 4.74 Å². The minimum Gasteiger partial charge on any atom is -0.374 e. The first-order chi connectivity index (χ1) is 13.6. The molecule has 1 saturated heterocycles. The van der Waals surface area contributed by atoms with Crippen LogP contribution in [0.5, 0.6) is 0 Å². The SMILES string of the molecule is CC[C@H]1CC[C@H]2[C@@H]3C[C@@H]4OC(CCC(C)C)[C@@H](C)[C@@H]4[C@@]3(C)CC[C@]2(C)[C@@]1(C)CC. The van der Waals surface area contributed by atoms with E-state index in [0.717, 1.165) is 35.5 Å². The molecule has 1 unspecified atom stereocenters.